The molecule has 2 N–H and O–H groups in total. The smallest absolute Gasteiger partial charge is 0.372 e. The lowest BCUT2D eigenvalue weighted by atomic mass is 9.78. The zero-order valence-corrected chi connectivity index (χ0v) is 28.1. The number of rotatable bonds is 8. The van der Waals surface area contributed by atoms with Gasteiger partial charge in [0.1, 0.15) is 5.69 Å². The molecule has 1 aliphatic carbocycles. The summed E-state index contributed by atoms with van der Waals surface area (Å²) in [6, 6.07) is 0.837. The second kappa shape index (κ2) is 13.1. The van der Waals surface area contributed by atoms with Crippen molar-refractivity contribution < 1.29 is 36.3 Å². The summed E-state index contributed by atoms with van der Waals surface area (Å²) >= 11 is 0. The first-order valence-corrected chi connectivity index (χ1v) is 17.4. The molecule has 7 rings (SSSR count). The van der Waals surface area contributed by atoms with E-state index in [4.69, 9.17) is 19.8 Å². The summed E-state index contributed by atoms with van der Waals surface area (Å²) in [7, 11) is 2.00. The van der Waals surface area contributed by atoms with E-state index in [9.17, 15) is 31.5 Å². The van der Waals surface area contributed by atoms with Gasteiger partial charge in [0.15, 0.2) is 0 Å². The monoisotopic (exact) mass is 707 g/mol. The molecule has 272 valence electrons. The molecule has 2 amide bonds. The van der Waals surface area contributed by atoms with Crippen LogP contribution in [0, 0.1) is 17.8 Å². The van der Waals surface area contributed by atoms with Gasteiger partial charge >= 0.3 is 6.18 Å². The van der Waals surface area contributed by atoms with Crippen molar-refractivity contribution in [1.29, 1.82) is 0 Å². The third kappa shape index (κ3) is 6.94. The number of piperidine rings is 1. The number of aryl methyl sites for hydroxylation is 1. The number of hydrogen-bond donors (Lipinski definition) is 2. The Balaban J connectivity index is 1.25. The summed E-state index contributed by atoms with van der Waals surface area (Å²) in [5.74, 6) is -6.58. The molecular formula is C33H42F5N9O3. The minimum absolute atomic E-state index is 0.0483. The molecular weight excluding hydrogens is 665 g/mol. The Morgan fingerprint density at radius 1 is 1.18 bits per heavy atom. The molecule has 1 spiro atoms. The van der Waals surface area contributed by atoms with E-state index in [0.29, 0.717) is 48.8 Å². The van der Waals surface area contributed by atoms with E-state index in [1.165, 1.54) is 15.4 Å². The number of amides is 2. The number of nitrogens with one attached hydrogen (secondary N) is 2. The molecule has 3 aliphatic heterocycles. The van der Waals surface area contributed by atoms with Gasteiger partial charge in [0.05, 0.1) is 40.8 Å². The lowest BCUT2D eigenvalue weighted by Gasteiger charge is -2.52. The van der Waals surface area contributed by atoms with Gasteiger partial charge in [-0.25, -0.2) is 23.3 Å². The number of imidazole rings is 1. The van der Waals surface area contributed by atoms with Crippen LogP contribution in [-0.2, 0) is 22.5 Å². The summed E-state index contributed by atoms with van der Waals surface area (Å²) in [4.78, 5) is 38.3. The van der Waals surface area contributed by atoms with Crippen molar-refractivity contribution in [3.05, 3.63) is 41.2 Å². The number of likely N-dealkylation sites (N-methyl/N-ethyl adjacent to an activating group) is 1. The SMILES string of the molecule is CCn1nccc1C(=O)N[C@H](c1cn2nc(C[C@H]3C[C@@H](C(F)(F)F)CNC3=O)c(C3CCOC4(C3)CN(C)C4)nc2n1)C1CCC(F)(F)CC1. The fourth-order valence-corrected chi connectivity index (χ4v) is 8.31. The molecule has 0 bridgehead atoms. The van der Waals surface area contributed by atoms with Crippen LogP contribution in [0.25, 0.3) is 5.78 Å². The van der Waals surface area contributed by atoms with Crippen LogP contribution in [0.1, 0.15) is 91.4 Å². The topological polar surface area (TPSA) is 132 Å². The fourth-order valence-electron chi connectivity index (χ4n) is 8.31. The van der Waals surface area contributed by atoms with Crippen LogP contribution >= 0.6 is 0 Å². The Bertz CT molecular complexity index is 1720. The van der Waals surface area contributed by atoms with Crippen LogP contribution in [0.2, 0.25) is 0 Å². The highest BCUT2D eigenvalue weighted by Gasteiger charge is 2.48. The molecule has 4 fully saturated rings. The maximum Gasteiger partial charge on any atom is 0.393 e. The highest BCUT2D eigenvalue weighted by molar-refractivity contribution is 5.92. The van der Waals surface area contributed by atoms with Crippen LogP contribution in [0.4, 0.5) is 22.0 Å². The Hall–Kier alpha value is -3.73. The Morgan fingerprint density at radius 3 is 2.64 bits per heavy atom. The summed E-state index contributed by atoms with van der Waals surface area (Å²) in [6.07, 6.45) is -0.838. The van der Waals surface area contributed by atoms with Crippen LogP contribution in [0.3, 0.4) is 0 Å². The van der Waals surface area contributed by atoms with Gasteiger partial charge in [-0.15, -0.1) is 0 Å². The van der Waals surface area contributed by atoms with Crippen molar-refractivity contribution in [1.82, 2.24) is 44.9 Å². The average molecular weight is 708 g/mol. The van der Waals surface area contributed by atoms with Crippen LogP contribution in [0.5, 0.6) is 0 Å². The number of hydrogen-bond acceptors (Lipinski definition) is 8. The van der Waals surface area contributed by atoms with Crippen molar-refractivity contribution in [2.24, 2.45) is 17.8 Å². The molecule has 0 aromatic carbocycles. The minimum Gasteiger partial charge on any atom is -0.372 e. The Labute approximate surface area is 285 Å². The van der Waals surface area contributed by atoms with Gasteiger partial charge in [-0.3, -0.25) is 14.3 Å². The van der Waals surface area contributed by atoms with E-state index in [0.717, 1.165) is 13.1 Å². The zero-order valence-electron chi connectivity index (χ0n) is 28.1. The van der Waals surface area contributed by atoms with E-state index in [-0.39, 0.29) is 61.7 Å². The third-order valence-electron chi connectivity index (χ3n) is 10.9. The summed E-state index contributed by atoms with van der Waals surface area (Å²) in [6.45, 7) is 3.78. The molecule has 1 unspecified atom stereocenters. The first-order chi connectivity index (χ1) is 23.7. The number of carbonyl (C=O) groups is 2. The molecule has 4 atom stereocenters. The summed E-state index contributed by atoms with van der Waals surface area (Å²) < 4.78 is 78.8. The molecule has 12 nitrogen and oxygen atoms in total. The minimum atomic E-state index is -4.45. The number of aromatic nitrogens is 6. The normalized spacial score (nSPS) is 26.5. The lowest BCUT2D eigenvalue weighted by Crippen LogP contribution is -2.63. The number of alkyl halides is 5. The number of ether oxygens (including phenoxy) is 1. The van der Waals surface area contributed by atoms with Crippen LogP contribution < -0.4 is 10.6 Å². The predicted molar refractivity (Wildman–Crippen MR) is 168 cm³/mol. The van der Waals surface area contributed by atoms with Crippen molar-refractivity contribution >= 4 is 17.6 Å². The lowest BCUT2D eigenvalue weighted by molar-refractivity contribution is -0.183. The number of nitrogens with zero attached hydrogens (tertiary/aromatic N) is 7. The quantitative estimate of drug-likeness (QED) is 0.335. The van der Waals surface area contributed by atoms with E-state index >= 15 is 0 Å². The van der Waals surface area contributed by atoms with Crippen LogP contribution in [0.15, 0.2) is 18.5 Å². The van der Waals surface area contributed by atoms with Gasteiger partial charge in [-0.1, -0.05) is 0 Å². The second-order valence-electron chi connectivity index (χ2n) is 14.5. The Morgan fingerprint density at radius 2 is 1.94 bits per heavy atom. The first-order valence-electron chi connectivity index (χ1n) is 17.4. The van der Waals surface area contributed by atoms with Gasteiger partial charge in [-0.05, 0) is 58.1 Å². The molecule has 0 radical (unpaired) electrons. The first kappa shape index (κ1) is 34.7. The zero-order chi connectivity index (χ0) is 35.4. The maximum atomic E-state index is 14.2. The van der Waals surface area contributed by atoms with Crippen LogP contribution in [-0.4, -0.2) is 97.1 Å². The average Bonchev–Trinajstić information content (AvgIpc) is 3.70. The largest absolute Gasteiger partial charge is 0.393 e. The van der Waals surface area contributed by atoms with Crippen molar-refractivity contribution in [3.63, 3.8) is 0 Å². The number of carbonyl (C=O) groups excluding carboxylic acids is 2. The van der Waals surface area contributed by atoms with Gasteiger partial charge in [-0.2, -0.15) is 23.4 Å². The third-order valence-corrected chi connectivity index (χ3v) is 10.9. The van der Waals surface area contributed by atoms with Crippen molar-refractivity contribution in [3.8, 4) is 0 Å². The standard InChI is InChI=1S/C33H42F5N9O3/c1-3-46-25(6-10-40-46)29(49)42-26(19-4-8-32(34,35)9-5-19)24-16-47-30(41-24)43-27(20-7-11-50-31(14-20)17-45(2)18-31)23(44-47)13-21-12-22(33(36,37)38)15-39-28(21)48/h6,10,16,19-22,26H,3-5,7-9,11-15,17-18H2,1-2H3,(H,39,48)(H,42,49)/t20?,21-,22-,26+/m1/s1. The molecule has 17 heteroatoms. The molecule has 3 saturated heterocycles. The molecule has 1 saturated carbocycles. The van der Waals surface area contributed by atoms with E-state index < -0.39 is 48.3 Å². The van der Waals surface area contributed by atoms with Crippen molar-refractivity contribution in [2.75, 3.05) is 33.3 Å². The second-order valence-corrected chi connectivity index (χ2v) is 14.5. The molecule has 3 aromatic rings. The van der Waals surface area contributed by atoms with E-state index in [1.54, 1.807) is 12.3 Å². The molecule has 3 aromatic heterocycles. The number of likely N-dealkylation sites (tertiary alicyclic amines) is 1. The van der Waals surface area contributed by atoms with E-state index in [1.807, 2.05) is 14.0 Å². The van der Waals surface area contributed by atoms with Crippen molar-refractivity contribution in [2.45, 2.75) is 94.5 Å². The van der Waals surface area contributed by atoms with E-state index in [2.05, 4.69) is 20.6 Å². The predicted octanol–water partition coefficient (Wildman–Crippen LogP) is 4.07. The summed E-state index contributed by atoms with van der Waals surface area (Å²) in [5, 5.41) is 14.5. The highest BCUT2D eigenvalue weighted by atomic mass is 19.4. The summed E-state index contributed by atoms with van der Waals surface area (Å²) in [5.41, 5.74) is 1.32. The van der Waals surface area contributed by atoms with Gasteiger partial charge in [0.2, 0.25) is 11.8 Å². The molecule has 50 heavy (non-hydrogen) atoms. The number of halogens is 5. The molecule has 4 aliphatic rings. The highest BCUT2D eigenvalue weighted by Crippen LogP contribution is 2.43. The fraction of sp³-hybridized carbons (Fsp3) is 0.697. The van der Waals surface area contributed by atoms with Gasteiger partial charge in [0.25, 0.3) is 11.7 Å². The Kier molecular flexibility index (Phi) is 9.10. The maximum absolute atomic E-state index is 14.2. The van der Waals surface area contributed by atoms with Gasteiger partial charge in [0, 0.05) is 70.1 Å². The van der Waals surface area contributed by atoms with Gasteiger partial charge < -0.3 is 20.3 Å². The number of fused-ring (bicyclic) bond motifs is 1. The molecule has 6 heterocycles.